The molecule has 2 aromatic carbocycles. The summed E-state index contributed by atoms with van der Waals surface area (Å²) in [5, 5.41) is 0. The van der Waals surface area contributed by atoms with Crippen molar-refractivity contribution in [2.75, 3.05) is 0 Å². The van der Waals surface area contributed by atoms with E-state index in [4.69, 9.17) is 4.42 Å². The molecule has 0 atom stereocenters. The molecule has 0 radical (unpaired) electrons. The lowest BCUT2D eigenvalue weighted by atomic mass is 10.1. The number of aryl methyl sites for hydroxylation is 1. The van der Waals surface area contributed by atoms with E-state index in [1.807, 2.05) is 48.5 Å². The van der Waals surface area contributed by atoms with Crippen LogP contribution in [-0.4, -0.2) is 4.98 Å². The first-order valence-corrected chi connectivity index (χ1v) is 6.49. The van der Waals surface area contributed by atoms with Gasteiger partial charge in [-0.1, -0.05) is 55.5 Å². The molecule has 3 rings (SSSR count). The third-order valence-electron chi connectivity index (χ3n) is 3.09. The second-order valence-corrected chi connectivity index (χ2v) is 4.38. The summed E-state index contributed by atoms with van der Waals surface area (Å²) >= 11 is 0. The topological polar surface area (TPSA) is 26.0 Å². The predicted octanol–water partition coefficient (Wildman–Crippen LogP) is 4.57. The Morgan fingerprint density at radius 3 is 2.00 bits per heavy atom. The number of rotatable bonds is 3. The van der Waals surface area contributed by atoms with Crippen LogP contribution >= 0.6 is 0 Å². The van der Waals surface area contributed by atoms with Crippen molar-refractivity contribution in [1.29, 1.82) is 0 Å². The minimum Gasteiger partial charge on any atom is -0.441 e. The highest BCUT2D eigenvalue weighted by Crippen LogP contribution is 2.29. The molecule has 0 N–H and O–H groups in total. The maximum atomic E-state index is 5.89. The van der Waals surface area contributed by atoms with E-state index >= 15 is 0 Å². The maximum absolute atomic E-state index is 5.89. The van der Waals surface area contributed by atoms with Gasteiger partial charge in [0.1, 0.15) is 11.5 Å². The molecule has 0 bridgehead atoms. The van der Waals surface area contributed by atoms with E-state index in [9.17, 15) is 0 Å². The number of benzene rings is 2. The van der Waals surface area contributed by atoms with Crippen LogP contribution in [0.4, 0.5) is 0 Å². The van der Waals surface area contributed by atoms with Crippen molar-refractivity contribution >= 4 is 0 Å². The highest BCUT2D eigenvalue weighted by Gasteiger charge is 2.14. The molecule has 0 saturated carbocycles. The zero-order valence-corrected chi connectivity index (χ0v) is 10.8. The van der Waals surface area contributed by atoms with Gasteiger partial charge in [-0.15, -0.1) is 0 Å². The van der Waals surface area contributed by atoms with Crippen LogP contribution in [0, 0.1) is 0 Å². The van der Waals surface area contributed by atoms with Gasteiger partial charge in [-0.05, 0) is 12.1 Å². The van der Waals surface area contributed by atoms with Crippen molar-refractivity contribution in [3.63, 3.8) is 0 Å². The van der Waals surface area contributed by atoms with Gasteiger partial charge >= 0.3 is 0 Å². The molecular weight excluding hydrogens is 234 g/mol. The van der Waals surface area contributed by atoms with Crippen LogP contribution in [0.2, 0.25) is 0 Å². The quantitative estimate of drug-likeness (QED) is 0.679. The number of oxazole rings is 1. The van der Waals surface area contributed by atoms with Crippen LogP contribution < -0.4 is 0 Å². The summed E-state index contributed by atoms with van der Waals surface area (Å²) in [6.45, 7) is 2.09. The summed E-state index contributed by atoms with van der Waals surface area (Å²) in [5.74, 6) is 1.63. The molecule has 0 unspecified atom stereocenters. The van der Waals surface area contributed by atoms with Gasteiger partial charge in [-0.3, -0.25) is 0 Å². The Morgan fingerprint density at radius 2 is 1.42 bits per heavy atom. The van der Waals surface area contributed by atoms with Crippen molar-refractivity contribution < 1.29 is 4.42 Å². The lowest BCUT2D eigenvalue weighted by Gasteiger charge is -1.96. The van der Waals surface area contributed by atoms with Crippen molar-refractivity contribution in [2.24, 2.45) is 0 Å². The predicted molar refractivity (Wildman–Crippen MR) is 76.8 cm³/mol. The van der Waals surface area contributed by atoms with Gasteiger partial charge in [0.25, 0.3) is 0 Å². The standard InChI is InChI=1S/C17H15NO/c1-2-15-16(13-9-5-3-6-10-13)18-17(19-15)14-11-7-4-8-12-14/h3-12H,2H2,1H3. The van der Waals surface area contributed by atoms with Crippen molar-refractivity contribution in [1.82, 2.24) is 4.98 Å². The van der Waals surface area contributed by atoms with E-state index in [0.717, 1.165) is 29.0 Å². The van der Waals surface area contributed by atoms with Crippen LogP contribution in [0.5, 0.6) is 0 Å². The first kappa shape index (κ1) is 11.7. The van der Waals surface area contributed by atoms with Gasteiger partial charge in [0, 0.05) is 17.5 Å². The third kappa shape index (κ3) is 2.29. The first-order valence-electron chi connectivity index (χ1n) is 6.49. The van der Waals surface area contributed by atoms with Crippen molar-refractivity contribution in [3.8, 4) is 22.7 Å². The molecule has 0 aliphatic carbocycles. The first-order chi connectivity index (χ1) is 9.38. The lowest BCUT2D eigenvalue weighted by Crippen LogP contribution is -1.83. The Hall–Kier alpha value is -2.35. The molecule has 0 fully saturated rings. The van der Waals surface area contributed by atoms with E-state index < -0.39 is 0 Å². The largest absolute Gasteiger partial charge is 0.441 e. The lowest BCUT2D eigenvalue weighted by molar-refractivity contribution is 0.525. The third-order valence-corrected chi connectivity index (χ3v) is 3.09. The second kappa shape index (κ2) is 5.11. The number of hydrogen-bond donors (Lipinski definition) is 0. The van der Waals surface area contributed by atoms with Gasteiger partial charge in [-0.2, -0.15) is 0 Å². The van der Waals surface area contributed by atoms with Crippen LogP contribution in [0.25, 0.3) is 22.7 Å². The molecule has 2 heteroatoms. The second-order valence-electron chi connectivity index (χ2n) is 4.38. The minimum absolute atomic E-state index is 0.691. The molecule has 1 aromatic heterocycles. The van der Waals surface area contributed by atoms with E-state index in [1.54, 1.807) is 0 Å². The van der Waals surface area contributed by atoms with Gasteiger partial charge in [0.05, 0.1) is 0 Å². The summed E-state index contributed by atoms with van der Waals surface area (Å²) < 4.78 is 5.89. The van der Waals surface area contributed by atoms with Gasteiger partial charge in [-0.25, -0.2) is 4.98 Å². The summed E-state index contributed by atoms with van der Waals surface area (Å²) in [6.07, 6.45) is 0.837. The van der Waals surface area contributed by atoms with Crippen molar-refractivity contribution in [2.45, 2.75) is 13.3 Å². The minimum atomic E-state index is 0.691. The fourth-order valence-electron chi connectivity index (χ4n) is 2.12. The Balaban J connectivity index is 2.09. The zero-order chi connectivity index (χ0) is 13.1. The Morgan fingerprint density at radius 1 is 0.842 bits per heavy atom. The maximum Gasteiger partial charge on any atom is 0.226 e. The molecule has 19 heavy (non-hydrogen) atoms. The van der Waals surface area contributed by atoms with E-state index in [1.165, 1.54) is 0 Å². The monoisotopic (exact) mass is 249 g/mol. The van der Waals surface area contributed by atoms with Crippen LogP contribution in [0.15, 0.2) is 65.1 Å². The summed E-state index contributed by atoms with van der Waals surface area (Å²) in [5.41, 5.74) is 3.06. The Labute approximate surface area is 112 Å². The molecule has 1 heterocycles. The smallest absolute Gasteiger partial charge is 0.226 e. The van der Waals surface area contributed by atoms with Crippen LogP contribution in [0.1, 0.15) is 12.7 Å². The number of hydrogen-bond acceptors (Lipinski definition) is 2. The van der Waals surface area contributed by atoms with E-state index in [-0.39, 0.29) is 0 Å². The van der Waals surface area contributed by atoms with Crippen molar-refractivity contribution in [3.05, 3.63) is 66.4 Å². The fourth-order valence-corrected chi connectivity index (χ4v) is 2.12. The summed E-state index contributed by atoms with van der Waals surface area (Å²) in [6, 6.07) is 20.2. The van der Waals surface area contributed by atoms with E-state index in [0.29, 0.717) is 5.89 Å². The molecule has 0 amide bonds. The summed E-state index contributed by atoms with van der Waals surface area (Å²) in [7, 11) is 0. The zero-order valence-electron chi connectivity index (χ0n) is 10.8. The average Bonchev–Trinajstić information content (AvgIpc) is 2.93. The SMILES string of the molecule is CCc1oc(-c2ccccc2)nc1-c1ccccc1. The highest BCUT2D eigenvalue weighted by atomic mass is 16.4. The molecule has 2 nitrogen and oxygen atoms in total. The molecule has 0 aliphatic heterocycles. The molecule has 0 spiro atoms. The van der Waals surface area contributed by atoms with Gasteiger partial charge in [0.2, 0.25) is 5.89 Å². The molecular formula is C17H15NO. The fraction of sp³-hybridized carbons (Fsp3) is 0.118. The molecule has 3 aromatic rings. The molecule has 0 saturated heterocycles. The Kier molecular flexibility index (Phi) is 3.15. The van der Waals surface area contributed by atoms with Gasteiger partial charge in [0.15, 0.2) is 0 Å². The molecule has 94 valence electrons. The normalized spacial score (nSPS) is 10.6. The van der Waals surface area contributed by atoms with Gasteiger partial charge < -0.3 is 4.42 Å². The van der Waals surface area contributed by atoms with E-state index in [2.05, 4.69) is 24.0 Å². The molecule has 0 aliphatic rings. The van der Waals surface area contributed by atoms with Crippen LogP contribution in [-0.2, 0) is 6.42 Å². The highest BCUT2D eigenvalue weighted by molar-refractivity contribution is 5.65. The van der Waals surface area contributed by atoms with Crippen LogP contribution in [0.3, 0.4) is 0 Å². The Bertz CT molecular complexity index is 656. The number of nitrogens with zero attached hydrogens (tertiary/aromatic N) is 1. The number of aromatic nitrogens is 1. The average molecular weight is 249 g/mol. The summed E-state index contributed by atoms with van der Waals surface area (Å²) in [4.78, 5) is 4.65.